The molecule has 194 valence electrons. The maximum absolute atomic E-state index is 13.2. The lowest BCUT2D eigenvalue weighted by Gasteiger charge is -2.37. The number of hydrogen-bond donors (Lipinski definition) is 1. The smallest absolute Gasteiger partial charge is 0.417 e. The Balaban J connectivity index is 1.39. The normalized spacial score (nSPS) is 16.8. The number of halogens is 4. The second-order valence-electron chi connectivity index (χ2n) is 9.19. The molecule has 1 saturated heterocycles. The Morgan fingerprint density at radius 1 is 1.11 bits per heavy atom. The fourth-order valence-corrected chi connectivity index (χ4v) is 5.05. The van der Waals surface area contributed by atoms with E-state index in [1.54, 1.807) is 12.3 Å². The van der Waals surface area contributed by atoms with Crippen LogP contribution < -0.4 is 10.1 Å². The summed E-state index contributed by atoms with van der Waals surface area (Å²) in [4.78, 5) is 2.43. The Kier molecular flexibility index (Phi) is 8.46. The molecule has 0 spiro atoms. The zero-order chi connectivity index (χ0) is 25.7. The van der Waals surface area contributed by atoms with Crippen LogP contribution in [0.5, 0.6) is 5.75 Å². The molecule has 0 radical (unpaired) electrons. The average Bonchev–Trinajstić information content (AvgIpc) is 3.36. The largest absolute Gasteiger partial charge is 0.491 e. The molecule has 0 amide bonds. The third-order valence-electron chi connectivity index (χ3n) is 6.89. The SMILES string of the molecule is Cc1c(OCCn2cccn2)ccc(C2CCCCN2CCNc2ccc(Cl)c(C(F)(F)F)c2)c1C. The first-order valence-corrected chi connectivity index (χ1v) is 12.7. The summed E-state index contributed by atoms with van der Waals surface area (Å²) in [5.41, 5.74) is 3.26. The van der Waals surface area contributed by atoms with Crippen molar-refractivity contribution in [1.29, 1.82) is 0 Å². The molecule has 36 heavy (non-hydrogen) atoms. The highest BCUT2D eigenvalue weighted by atomic mass is 35.5. The topological polar surface area (TPSA) is 42.3 Å². The van der Waals surface area contributed by atoms with E-state index in [1.165, 1.54) is 17.2 Å². The van der Waals surface area contributed by atoms with Gasteiger partial charge in [0.1, 0.15) is 12.4 Å². The van der Waals surface area contributed by atoms with Gasteiger partial charge in [0.25, 0.3) is 0 Å². The second kappa shape index (κ2) is 11.6. The van der Waals surface area contributed by atoms with Crippen molar-refractivity contribution in [3.8, 4) is 5.75 Å². The van der Waals surface area contributed by atoms with Crippen molar-refractivity contribution in [2.24, 2.45) is 0 Å². The molecule has 1 aliphatic rings. The van der Waals surface area contributed by atoms with Crippen LogP contribution in [0.2, 0.25) is 5.02 Å². The summed E-state index contributed by atoms with van der Waals surface area (Å²) in [5.74, 6) is 0.885. The van der Waals surface area contributed by atoms with Gasteiger partial charge in [-0.15, -0.1) is 0 Å². The predicted molar refractivity (Wildman–Crippen MR) is 137 cm³/mol. The molecule has 2 aromatic carbocycles. The molecule has 1 atom stereocenters. The molecular weight excluding hydrogens is 489 g/mol. The van der Waals surface area contributed by atoms with Crippen molar-refractivity contribution >= 4 is 17.3 Å². The van der Waals surface area contributed by atoms with Crippen LogP contribution in [0.25, 0.3) is 0 Å². The number of nitrogens with one attached hydrogen (secondary N) is 1. The maximum atomic E-state index is 13.2. The Morgan fingerprint density at radius 2 is 1.94 bits per heavy atom. The number of aromatic nitrogens is 2. The molecular formula is C27H32ClF3N4O. The van der Waals surface area contributed by atoms with Crippen LogP contribution in [0.4, 0.5) is 18.9 Å². The summed E-state index contributed by atoms with van der Waals surface area (Å²) in [6.07, 6.45) is 2.52. The number of likely N-dealkylation sites (tertiary alicyclic amines) is 1. The highest BCUT2D eigenvalue weighted by Gasteiger charge is 2.33. The van der Waals surface area contributed by atoms with Gasteiger partial charge in [-0.3, -0.25) is 9.58 Å². The van der Waals surface area contributed by atoms with Gasteiger partial charge in [0, 0.05) is 37.2 Å². The van der Waals surface area contributed by atoms with Gasteiger partial charge in [0.2, 0.25) is 0 Å². The van der Waals surface area contributed by atoms with E-state index < -0.39 is 11.7 Å². The molecule has 0 aliphatic carbocycles. The second-order valence-corrected chi connectivity index (χ2v) is 9.59. The van der Waals surface area contributed by atoms with Crippen molar-refractivity contribution in [3.63, 3.8) is 0 Å². The van der Waals surface area contributed by atoms with Crippen LogP contribution in [0, 0.1) is 13.8 Å². The molecule has 5 nitrogen and oxygen atoms in total. The number of ether oxygens (including phenoxy) is 1. The van der Waals surface area contributed by atoms with E-state index in [2.05, 4.69) is 41.3 Å². The van der Waals surface area contributed by atoms with Gasteiger partial charge < -0.3 is 10.1 Å². The molecule has 0 bridgehead atoms. The lowest BCUT2D eigenvalue weighted by molar-refractivity contribution is -0.137. The zero-order valence-electron chi connectivity index (χ0n) is 20.6. The Morgan fingerprint density at radius 3 is 2.69 bits per heavy atom. The van der Waals surface area contributed by atoms with Crippen molar-refractivity contribution < 1.29 is 17.9 Å². The lowest BCUT2D eigenvalue weighted by atomic mass is 9.90. The summed E-state index contributed by atoms with van der Waals surface area (Å²) in [6.45, 7) is 7.70. The summed E-state index contributed by atoms with van der Waals surface area (Å²) < 4.78 is 47.4. The van der Waals surface area contributed by atoms with E-state index >= 15 is 0 Å². The number of alkyl halides is 3. The highest BCUT2D eigenvalue weighted by Crippen LogP contribution is 2.37. The molecule has 1 aliphatic heterocycles. The van der Waals surface area contributed by atoms with Crippen molar-refractivity contribution in [2.45, 2.75) is 51.9 Å². The lowest BCUT2D eigenvalue weighted by Crippen LogP contribution is -2.37. The molecule has 4 rings (SSSR count). The third kappa shape index (κ3) is 6.34. The van der Waals surface area contributed by atoms with Crippen molar-refractivity contribution in [1.82, 2.24) is 14.7 Å². The van der Waals surface area contributed by atoms with E-state index in [0.29, 0.717) is 25.4 Å². The number of benzene rings is 2. The van der Waals surface area contributed by atoms with E-state index in [-0.39, 0.29) is 11.1 Å². The van der Waals surface area contributed by atoms with Crippen LogP contribution >= 0.6 is 11.6 Å². The Hall–Kier alpha value is -2.71. The average molecular weight is 521 g/mol. The fraction of sp³-hybridized carbons (Fsp3) is 0.444. The minimum absolute atomic E-state index is 0.272. The number of hydrogen-bond acceptors (Lipinski definition) is 4. The number of nitrogens with zero attached hydrogens (tertiary/aromatic N) is 3. The number of piperidine rings is 1. The molecule has 1 fully saturated rings. The monoisotopic (exact) mass is 520 g/mol. The fourth-order valence-electron chi connectivity index (χ4n) is 4.82. The quantitative estimate of drug-likeness (QED) is 0.333. The van der Waals surface area contributed by atoms with E-state index in [9.17, 15) is 13.2 Å². The molecule has 3 aromatic rings. The highest BCUT2D eigenvalue weighted by molar-refractivity contribution is 6.31. The summed E-state index contributed by atoms with van der Waals surface area (Å²) in [6, 6.07) is 10.3. The van der Waals surface area contributed by atoms with Gasteiger partial charge in [-0.05, 0) is 80.3 Å². The third-order valence-corrected chi connectivity index (χ3v) is 7.22. The van der Waals surface area contributed by atoms with Crippen LogP contribution in [0.3, 0.4) is 0 Å². The minimum atomic E-state index is -4.48. The van der Waals surface area contributed by atoms with Gasteiger partial charge >= 0.3 is 6.18 Å². The Bertz CT molecular complexity index is 1150. The van der Waals surface area contributed by atoms with Crippen LogP contribution in [0.1, 0.15) is 47.6 Å². The van der Waals surface area contributed by atoms with Gasteiger partial charge in [0.05, 0.1) is 17.1 Å². The maximum Gasteiger partial charge on any atom is 0.417 e. The Labute approximate surface area is 215 Å². The summed E-state index contributed by atoms with van der Waals surface area (Å²) in [5, 5.41) is 7.06. The molecule has 9 heteroatoms. The van der Waals surface area contributed by atoms with E-state index in [1.807, 2.05) is 16.9 Å². The van der Waals surface area contributed by atoms with E-state index in [0.717, 1.165) is 49.7 Å². The first-order valence-electron chi connectivity index (χ1n) is 12.3. The summed E-state index contributed by atoms with van der Waals surface area (Å²) >= 11 is 5.74. The van der Waals surface area contributed by atoms with Gasteiger partial charge in [-0.25, -0.2) is 0 Å². The molecule has 1 N–H and O–H groups in total. The van der Waals surface area contributed by atoms with Gasteiger partial charge in [-0.1, -0.05) is 24.1 Å². The first kappa shape index (κ1) is 26.4. The first-order chi connectivity index (χ1) is 17.2. The minimum Gasteiger partial charge on any atom is -0.491 e. The van der Waals surface area contributed by atoms with Crippen molar-refractivity contribution in [3.05, 3.63) is 76.1 Å². The van der Waals surface area contributed by atoms with E-state index in [4.69, 9.17) is 16.3 Å². The molecule has 1 unspecified atom stereocenters. The van der Waals surface area contributed by atoms with Gasteiger partial charge in [-0.2, -0.15) is 18.3 Å². The van der Waals surface area contributed by atoms with Crippen molar-refractivity contribution in [2.75, 3.05) is 31.6 Å². The predicted octanol–water partition coefficient (Wildman–Crippen LogP) is 6.89. The van der Waals surface area contributed by atoms with Crippen LogP contribution in [-0.2, 0) is 12.7 Å². The summed E-state index contributed by atoms with van der Waals surface area (Å²) in [7, 11) is 0. The molecule has 2 heterocycles. The standard InChI is InChI=1S/C27H32ClF3N4O/c1-19-20(2)26(36-17-16-35-14-5-11-33-35)10-8-22(19)25-6-3-4-13-34(25)15-12-32-21-7-9-24(28)23(18-21)27(29,30)31/h5,7-11,14,18,25,32H,3-4,6,12-13,15-17H2,1-2H3. The van der Waals surface area contributed by atoms with Crippen LogP contribution in [0.15, 0.2) is 48.8 Å². The van der Waals surface area contributed by atoms with Crippen LogP contribution in [-0.4, -0.2) is 40.9 Å². The van der Waals surface area contributed by atoms with Gasteiger partial charge in [0.15, 0.2) is 0 Å². The molecule has 1 aromatic heterocycles. The zero-order valence-corrected chi connectivity index (χ0v) is 21.4. The number of anilines is 1. The number of rotatable bonds is 9. The molecule has 0 saturated carbocycles.